The normalized spacial score (nSPS) is 20.0. The molecular formula is C23H29N3O4. The highest BCUT2D eigenvalue weighted by Crippen LogP contribution is 2.28. The fourth-order valence-electron chi connectivity index (χ4n) is 3.80. The molecule has 3 atom stereocenters. The predicted molar refractivity (Wildman–Crippen MR) is 113 cm³/mol. The van der Waals surface area contributed by atoms with Crippen LogP contribution in [0.2, 0.25) is 0 Å². The van der Waals surface area contributed by atoms with Crippen molar-refractivity contribution in [1.82, 2.24) is 15.6 Å². The van der Waals surface area contributed by atoms with Gasteiger partial charge in [0.25, 0.3) is 5.91 Å². The van der Waals surface area contributed by atoms with E-state index in [1.165, 1.54) is 0 Å². The third kappa shape index (κ3) is 4.97. The number of H-pyrrole nitrogens is 1. The van der Waals surface area contributed by atoms with Crippen molar-refractivity contribution >= 4 is 17.6 Å². The van der Waals surface area contributed by atoms with Gasteiger partial charge in [0.15, 0.2) is 5.78 Å². The second-order valence-corrected chi connectivity index (χ2v) is 8.29. The van der Waals surface area contributed by atoms with Gasteiger partial charge in [-0.05, 0) is 29.9 Å². The van der Waals surface area contributed by atoms with Gasteiger partial charge in [0.2, 0.25) is 5.91 Å². The monoisotopic (exact) mass is 411 g/mol. The number of ether oxygens (including phenoxy) is 1. The van der Waals surface area contributed by atoms with Gasteiger partial charge in [-0.15, -0.1) is 0 Å². The molecule has 7 heteroatoms. The number of benzene rings is 1. The van der Waals surface area contributed by atoms with E-state index in [2.05, 4.69) is 15.6 Å². The topological polar surface area (TPSA) is 100 Å². The van der Waals surface area contributed by atoms with Crippen molar-refractivity contribution in [3.8, 4) is 0 Å². The van der Waals surface area contributed by atoms with E-state index in [-0.39, 0.29) is 35.7 Å². The summed E-state index contributed by atoms with van der Waals surface area (Å²) in [6.07, 6.45) is 3.88. The quantitative estimate of drug-likeness (QED) is 0.621. The highest BCUT2D eigenvalue weighted by molar-refractivity contribution is 5.98. The van der Waals surface area contributed by atoms with E-state index in [1.807, 2.05) is 51.1 Å². The van der Waals surface area contributed by atoms with Crippen LogP contribution < -0.4 is 10.6 Å². The summed E-state index contributed by atoms with van der Waals surface area (Å²) >= 11 is 0. The van der Waals surface area contributed by atoms with Crippen molar-refractivity contribution in [2.24, 2.45) is 0 Å². The Labute approximate surface area is 176 Å². The van der Waals surface area contributed by atoms with Gasteiger partial charge < -0.3 is 20.4 Å². The minimum absolute atomic E-state index is 0.000657. The average Bonchev–Trinajstić information content (AvgIpc) is 3.39. The summed E-state index contributed by atoms with van der Waals surface area (Å²) in [5, 5.41) is 5.66. The van der Waals surface area contributed by atoms with Gasteiger partial charge in [-0.1, -0.05) is 51.1 Å². The SMILES string of the molecule is CCC1OCC(=O)C1NC(=O)C(CC(C)(C)c1ccccc1)NC(=O)c1cc[nH]c1. The second kappa shape index (κ2) is 9.26. The summed E-state index contributed by atoms with van der Waals surface area (Å²) in [4.78, 5) is 40.9. The zero-order valence-corrected chi connectivity index (χ0v) is 17.6. The summed E-state index contributed by atoms with van der Waals surface area (Å²) in [5.41, 5.74) is 1.12. The molecule has 2 aromatic rings. The van der Waals surface area contributed by atoms with E-state index in [0.29, 0.717) is 18.4 Å². The number of ketones is 1. The molecule has 1 aliphatic rings. The minimum atomic E-state index is -0.812. The lowest BCUT2D eigenvalue weighted by Crippen LogP contribution is -2.54. The number of carbonyl (C=O) groups excluding carboxylic acids is 3. The van der Waals surface area contributed by atoms with Crippen LogP contribution >= 0.6 is 0 Å². The Kier molecular flexibility index (Phi) is 6.72. The molecule has 0 bridgehead atoms. The lowest BCUT2D eigenvalue weighted by atomic mass is 9.78. The predicted octanol–water partition coefficient (Wildman–Crippen LogP) is 2.34. The van der Waals surface area contributed by atoms with E-state index < -0.39 is 12.1 Å². The van der Waals surface area contributed by atoms with Crippen molar-refractivity contribution in [2.45, 2.75) is 57.2 Å². The van der Waals surface area contributed by atoms with E-state index in [9.17, 15) is 14.4 Å². The minimum Gasteiger partial charge on any atom is -0.368 e. The molecule has 0 saturated carbocycles. The lowest BCUT2D eigenvalue weighted by molar-refractivity contribution is -0.128. The smallest absolute Gasteiger partial charge is 0.253 e. The molecule has 0 spiro atoms. The molecule has 1 aliphatic heterocycles. The molecule has 0 aliphatic carbocycles. The number of aromatic amines is 1. The number of Topliss-reactive ketones (excluding diaryl/α,β-unsaturated/α-hetero) is 1. The van der Waals surface area contributed by atoms with Gasteiger partial charge in [0, 0.05) is 12.4 Å². The largest absolute Gasteiger partial charge is 0.368 e. The van der Waals surface area contributed by atoms with Crippen molar-refractivity contribution in [2.75, 3.05) is 6.61 Å². The molecule has 7 nitrogen and oxygen atoms in total. The summed E-state index contributed by atoms with van der Waals surface area (Å²) in [5.74, 6) is -0.875. The van der Waals surface area contributed by atoms with Crippen LogP contribution in [0.3, 0.4) is 0 Å². The maximum absolute atomic E-state index is 13.2. The van der Waals surface area contributed by atoms with Gasteiger partial charge in [-0.3, -0.25) is 14.4 Å². The highest BCUT2D eigenvalue weighted by Gasteiger charge is 2.38. The van der Waals surface area contributed by atoms with Gasteiger partial charge in [-0.25, -0.2) is 0 Å². The first-order valence-electron chi connectivity index (χ1n) is 10.3. The van der Waals surface area contributed by atoms with Crippen molar-refractivity contribution in [3.63, 3.8) is 0 Å². The molecule has 1 aromatic carbocycles. The van der Waals surface area contributed by atoms with Crippen molar-refractivity contribution in [3.05, 3.63) is 59.9 Å². The van der Waals surface area contributed by atoms with Crippen molar-refractivity contribution in [1.29, 1.82) is 0 Å². The molecule has 1 aromatic heterocycles. The number of amides is 2. The van der Waals surface area contributed by atoms with Crippen LogP contribution in [-0.4, -0.2) is 47.4 Å². The summed E-state index contributed by atoms with van der Waals surface area (Å²) in [6, 6.07) is 10.00. The summed E-state index contributed by atoms with van der Waals surface area (Å²) in [6.45, 7) is 5.97. The first-order chi connectivity index (χ1) is 14.3. The van der Waals surface area contributed by atoms with Crippen LogP contribution in [0.5, 0.6) is 0 Å². The molecule has 3 N–H and O–H groups in total. The molecular weight excluding hydrogens is 382 g/mol. The number of nitrogens with one attached hydrogen (secondary N) is 3. The van der Waals surface area contributed by atoms with Gasteiger partial charge in [0.1, 0.15) is 18.7 Å². The number of hydrogen-bond donors (Lipinski definition) is 3. The first kappa shape index (κ1) is 21.8. The molecule has 2 amide bonds. The zero-order chi connectivity index (χ0) is 21.7. The Morgan fingerprint density at radius 1 is 1.23 bits per heavy atom. The molecule has 3 rings (SSSR count). The summed E-state index contributed by atoms with van der Waals surface area (Å²) in [7, 11) is 0. The Morgan fingerprint density at radius 2 is 1.97 bits per heavy atom. The summed E-state index contributed by atoms with van der Waals surface area (Å²) < 4.78 is 5.46. The Hall–Kier alpha value is -2.93. The Bertz CT molecular complexity index is 877. The second-order valence-electron chi connectivity index (χ2n) is 8.29. The van der Waals surface area contributed by atoms with Crippen LogP contribution in [0.25, 0.3) is 0 Å². The number of hydrogen-bond acceptors (Lipinski definition) is 4. The van der Waals surface area contributed by atoms with Gasteiger partial charge in [-0.2, -0.15) is 0 Å². The fraction of sp³-hybridized carbons (Fsp3) is 0.435. The number of carbonyl (C=O) groups is 3. The van der Waals surface area contributed by atoms with Crippen LogP contribution in [0.15, 0.2) is 48.8 Å². The Morgan fingerprint density at radius 3 is 2.60 bits per heavy atom. The lowest BCUT2D eigenvalue weighted by Gasteiger charge is -2.31. The maximum atomic E-state index is 13.2. The molecule has 2 heterocycles. The van der Waals surface area contributed by atoms with Crippen LogP contribution in [-0.2, 0) is 19.7 Å². The highest BCUT2D eigenvalue weighted by atomic mass is 16.5. The molecule has 3 unspecified atom stereocenters. The van der Waals surface area contributed by atoms with E-state index in [1.54, 1.807) is 18.5 Å². The van der Waals surface area contributed by atoms with E-state index in [4.69, 9.17) is 4.74 Å². The Balaban J connectivity index is 1.80. The van der Waals surface area contributed by atoms with Crippen LogP contribution in [0.1, 0.15) is 49.5 Å². The van der Waals surface area contributed by atoms with Gasteiger partial charge in [0.05, 0.1) is 11.7 Å². The fourth-order valence-corrected chi connectivity index (χ4v) is 3.80. The van der Waals surface area contributed by atoms with E-state index >= 15 is 0 Å². The molecule has 160 valence electrons. The first-order valence-corrected chi connectivity index (χ1v) is 10.3. The zero-order valence-electron chi connectivity index (χ0n) is 17.6. The number of rotatable bonds is 8. The maximum Gasteiger partial charge on any atom is 0.253 e. The molecule has 1 saturated heterocycles. The van der Waals surface area contributed by atoms with E-state index in [0.717, 1.165) is 5.56 Å². The standard InChI is InChI=1S/C23H29N3O4/c1-4-19-20(18(27)14-30-19)26-22(29)17(25-21(28)15-10-11-24-13-15)12-23(2,3)16-8-6-5-7-9-16/h5-11,13,17,19-20,24H,4,12,14H2,1-3H3,(H,25,28)(H,26,29). The van der Waals surface area contributed by atoms with Gasteiger partial charge >= 0.3 is 0 Å². The molecule has 30 heavy (non-hydrogen) atoms. The van der Waals surface area contributed by atoms with Crippen molar-refractivity contribution < 1.29 is 19.1 Å². The van der Waals surface area contributed by atoms with Crippen LogP contribution in [0, 0.1) is 0 Å². The molecule has 0 radical (unpaired) electrons. The molecule has 1 fully saturated rings. The average molecular weight is 412 g/mol. The van der Waals surface area contributed by atoms with Crippen LogP contribution in [0.4, 0.5) is 0 Å². The third-order valence-electron chi connectivity index (χ3n) is 5.61. The third-order valence-corrected chi connectivity index (χ3v) is 5.61. The number of aromatic nitrogens is 1.